The van der Waals surface area contributed by atoms with E-state index in [0.717, 1.165) is 11.1 Å². The van der Waals surface area contributed by atoms with E-state index in [1.807, 2.05) is 13.0 Å². The van der Waals surface area contributed by atoms with Gasteiger partial charge in [-0.3, -0.25) is 4.79 Å². The highest BCUT2D eigenvalue weighted by molar-refractivity contribution is 5.97. The third-order valence-corrected chi connectivity index (χ3v) is 4.87. The number of hydrogen-bond acceptors (Lipinski definition) is 4. The number of amides is 1. The maximum absolute atomic E-state index is 13.2. The molecule has 0 bridgehead atoms. The first-order valence-corrected chi connectivity index (χ1v) is 8.59. The van der Waals surface area contributed by atoms with Crippen molar-refractivity contribution < 1.29 is 19.0 Å². The van der Waals surface area contributed by atoms with E-state index < -0.39 is 11.5 Å². The van der Waals surface area contributed by atoms with Crippen LogP contribution in [-0.2, 0) is 11.4 Å². The molecule has 2 aromatic carbocycles. The molecule has 0 saturated heterocycles. The van der Waals surface area contributed by atoms with E-state index in [0.29, 0.717) is 24.3 Å². The first-order chi connectivity index (χ1) is 12.4. The Hall–Kier alpha value is -2.44. The van der Waals surface area contributed by atoms with Crippen LogP contribution in [0.3, 0.4) is 0 Å². The van der Waals surface area contributed by atoms with Crippen molar-refractivity contribution >= 4 is 11.6 Å². The number of ether oxygens (including phenoxy) is 1. The van der Waals surface area contributed by atoms with Crippen LogP contribution in [0.25, 0.3) is 0 Å². The first-order valence-electron chi connectivity index (χ1n) is 8.59. The molecular formula is C20H23FN2O3. The highest BCUT2D eigenvalue weighted by Gasteiger charge is 2.48. The molecule has 1 aliphatic rings. The summed E-state index contributed by atoms with van der Waals surface area (Å²) in [6.45, 7) is 2.34. The summed E-state index contributed by atoms with van der Waals surface area (Å²) in [6, 6.07) is 11.6. The Morgan fingerprint density at radius 3 is 2.73 bits per heavy atom. The van der Waals surface area contributed by atoms with Crippen molar-refractivity contribution in [3.63, 3.8) is 0 Å². The molecule has 6 heteroatoms. The van der Waals surface area contributed by atoms with E-state index in [4.69, 9.17) is 10.5 Å². The third kappa shape index (κ3) is 3.86. The van der Waals surface area contributed by atoms with Crippen LogP contribution in [0.2, 0.25) is 0 Å². The largest absolute Gasteiger partial charge is 0.489 e. The van der Waals surface area contributed by atoms with Gasteiger partial charge in [-0.2, -0.15) is 0 Å². The Labute approximate surface area is 152 Å². The van der Waals surface area contributed by atoms with Crippen molar-refractivity contribution in [1.82, 2.24) is 0 Å². The lowest BCUT2D eigenvalue weighted by Gasteiger charge is -2.43. The maximum atomic E-state index is 13.2. The monoisotopic (exact) mass is 358 g/mol. The second-order valence-electron chi connectivity index (χ2n) is 6.90. The average molecular weight is 358 g/mol. The van der Waals surface area contributed by atoms with Crippen molar-refractivity contribution in [2.75, 3.05) is 11.9 Å². The highest BCUT2D eigenvalue weighted by atomic mass is 19.1. The molecule has 4 N–H and O–H groups in total. The molecule has 0 atom stereocenters. The number of aliphatic hydroxyl groups excluding tert-OH is 1. The molecule has 3 rings (SSSR count). The zero-order valence-electron chi connectivity index (χ0n) is 14.7. The first kappa shape index (κ1) is 18.4. The molecule has 0 aromatic heterocycles. The molecule has 26 heavy (non-hydrogen) atoms. The Bertz CT molecular complexity index is 803. The summed E-state index contributed by atoms with van der Waals surface area (Å²) in [5, 5.41) is 12.4. The molecule has 0 unspecified atom stereocenters. The Morgan fingerprint density at radius 2 is 2.12 bits per heavy atom. The molecule has 5 nitrogen and oxygen atoms in total. The number of nitrogens with one attached hydrogen (secondary N) is 1. The van der Waals surface area contributed by atoms with E-state index in [9.17, 15) is 14.3 Å². The van der Waals surface area contributed by atoms with Crippen molar-refractivity contribution in [3.05, 3.63) is 59.4 Å². The number of anilines is 1. The number of aliphatic hydroxyl groups is 1. The number of halogens is 1. The smallest absolute Gasteiger partial charge is 0.232 e. The number of nitrogens with two attached hydrogens (primary N) is 1. The number of carbonyl (C=O) groups excluding carboxylic acids is 1. The molecular weight excluding hydrogens is 335 g/mol. The standard InChI is InChI=1S/C20H23FN2O3/c1-13-7-17(26-11-14-3-2-4-15(21)8-14)5-6-18(13)23-19(25)20(12-22)9-16(24)10-20/h2-8,16,24H,9-12,22H2,1H3,(H,23,25). The molecule has 2 aromatic rings. The molecule has 1 amide bonds. The molecule has 0 heterocycles. The lowest BCUT2D eigenvalue weighted by atomic mass is 9.66. The van der Waals surface area contributed by atoms with E-state index in [1.54, 1.807) is 24.3 Å². The zero-order valence-corrected chi connectivity index (χ0v) is 14.7. The van der Waals surface area contributed by atoms with Crippen LogP contribution in [0.4, 0.5) is 10.1 Å². The van der Waals surface area contributed by atoms with Crippen LogP contribution in [0.5, 0.6) is 5.75 Å². The summed E-state index contributed by atoms with van der Waals surface area (Å²) >= 11 is 0. The predicted octanol–water partition coefficient (Wildman–Crippen LogP) is 2.75. The van der Waals surface area contributed by atoms with Gasteiger partial charge in [0.25, 0.3) is 0 Å². The van der Waals surface area contributed by atoms with E-state index in [2.05, 4.69) is 5.32 Å². The fourth-order valence-electron chi connectivity index (χ4n) is 3.20. The Balaban J connectivity index is 1.63. The lowest BCUT2D eigenvalue weighted by molar-refractivity contribution is -0.137. The topological polar surface area (TPSA) is 84.6 Å². The summed E-state index contributed by atoms with van der Waals surface area (Å²) < 4.78 is 18.9. The minimum absolute atomic E-state index is 0.165. The van der Waals surface area contributed by atoms with E-state index in [1.165, 1.54) is 12.1 Å². The minimum atomic E-state index is -0.682. The maximum Gasteiger partial charge on any atom is 0.232 e. The summed E-state index contributed by atoms with van der Waals surface area (Å²) in [5.41, 5.74) is 7.33. The van der Waals surface area contributed by atoms with Crippen LogP contribution in [0.15, 0.2) is 42.5 Å². The Morgan fingerprint density at radius 1 is 1.35 bits per heavy atom. The van der Waals surface area contributed by atoms with Gasteiger partial charge in [0, 0.05) is 12.2 Å². The molecule has 1 fully saturated rings. The van der Waals surface area contributed by atoms with Crippen molar-refractivity contribution in [2.45, 2.75) is 32.5 Å². The fourth-order valence-corrected chi connectivity index (χ4v) is 3.20. The van der Waals surface area contributed by atoms with Gasteiger partial charge in [0.05, 0.1) is 11.5 Å². The minimum Gasteiger partial charge on any atom is -0.489 e. The third-order valence-electron chi connectivity index (χ3n) is 4.87. The van der Waals surface area contributed by atoms with Gasteiger partial charge in [0.15, 0.2) is 0 Å². The number of aryl methyl sites for hydroxylation is 1. The molecule has 1 aliphatic carbocycles. The fraction of sp³-hybridized carbons (Fsp3) is 0.350. The van der Waals surface area contributed by atoms with Gasteiger partial charge in [-0.15, -0.1) is 0 Å². The molecule has 1 saturated carbocycles. The van der Waals surface area contributed by atoms with Gasteiger partial charge in [-0.25, -0.2) is 4.39 Å². The summed E-state index contributed by atoms with van der Waals surface area (Å²) in [5.74, 6) is 0.175. The second kappa shape index (κ2) is 7.43. The number of rotatable bonds is 6. The van der Waals surface area contributed by atoms with Crippen LogP contribution in [0.1, 0.15) is 24.0 Å². The van der Waals surface area contributed by atoms with Gasteiger partial charge >= 0.3 is 0 Å². The Kier molecular flexibility index (Phi) is 5.25. The SMILES string of the molecule is Cc1cc(OCc2cccc(F)c2)ccc1NC(=O)C1(CN)CC(O)C1. The van der Waals surface area contributed by atoms with Gasteiger partial charge in [-0.05, 0) is 61.2 Å². The highest BCUT2D eigenvalue weighted by Crippen LogP contribution is 2.41. The number of benzene rings is 2. The summed E-state index contributed by atoms with van der Waals surface area (Å²) in [6.07, 6.45) is 0.330. The zero-order chi connectivity index (χ0) is 18.7. The quantitative estimate of drug-likeness (QED) is 0.741. The molecule has 0 aliphatic heterocycles. The van der Waals surface area contributed by atoms with Gasteiger partial charge < -0.3 is 20.9 Å². The molecule has 138 valence electrons. The number of hydrogen-bond donors (Lipinski definition) is 3. The number of carbonyl (C=O) groups is 1. The van der Waals surface area contributed by atoms with Crippen molar-refractivity contribution in [2.24, 2.45) is 11.1 Å². The predicted molar refractivity (Wildman–Crippen MR) is 97.3 cm³/mol. The second-order valence-corrected chi connectivity index (χ2v) is 6.90. The van der Waals surface area contributed by atoms with Crippen LogP contribution >= 0.6 is 0 Å². The van der Waals surface area contributed by atoms with Gasteiger partial charge in [-0.1, -0.05) is 12.1 Å². The summed E-state index contributed by atoms with van der Waals surface area (Å²) in [4.78, 5) is 12.5. The summed E-state index contributed by atoms with van der Waals surface area (Å²) in [7, 11) is 0. The average Bonchev–Trinajstić information content (AvgIpc) is 2.59. The molecule has 0 spiro atoms. The van der Waals surface area contributed by atoms with Crippen molar-refractivity contribution in [3.8, 4) is 5.75 Å². The van der Waals surface area contributed by atoms with Gasteiger partial charge in [0.2, 0.25) is 5.91 Å². The van der Waals surface area contributed by atoms with Crippen LogP contribution in [-0.4, -0.2) is 23.7 Å². The van der Waals surface area contributed by atoms with E-state index in [-0.39, 0.29) is 24.9 Å². The van der Waals surface area contributed by atoms with Crippen molar-refractivity contribution in [1.29, 1.82) is 0 Å². The lowest BCUT2D eigenvalue weighted by Crippen LogP contribution is -2.53. The van der Waals surface area contributed by atoms with Crippen LogP contribution < -0.4 is 15.8 Å². The van der Waals surface area contributed by atoms with E-state index >= 15 is 0 Å². The molecule has 0 radical (unpaired) electrons. The van der Waals surface area contributed by atoms with Crippen LogP contribution in [0, 0.1) is 18.2 Å². The normalized spacial score (nSPS) is 21.8. The van der Waals surface area contributed by atoms with Gasteiger partial charge in [0.1, 0.15) is 18.2 Å².